The maximum atomic E-state index is 12.8. The number of rotatable bonds is 11. The Morgan fingerprint density at radius 1 is 0.787 bits per heavy atom. The van der Waals surface area contributed by atoms with E-state index < -0.39 is 28.0 Å². The van der Waals surface area contributed by atoms with Gasteiger partial charge in [0.2, 0.25) is 11.6 Å². The second-order valence-electron chi connectivity index (χ2n) is 12.6. The third kappa shape index (κ3) is 6.69. The number of hydrogen-bond acceptors (Lipinski definition) is 10. The van der Waals surface area contributed by atoms with Crippen molar-refractivity contribution in [2.45, 2.75) is 31.3 Å². The predicted octanol–water partition coefficient (Wildman–Crippen LogP) is 1.08. The van der Waals surface area contributed by atoms with Gasteiger partial charge in [0, 0.05) is 41.3 Å². The summed E-state index contributed by atoms with van der Waals surface area (Å²) in [5.41, 5.74) is 1.81. The Morgan fingerprint density at radius 2 is 1.32 bits per heavy atom. The van der Waals surface area contributed by atoms with Crippen molar-refractivity contribution in [3.63, 3.8) is 0 Å². The first-order chi connectivity index (χ1) is 22.3. The normalized spacial score (nSPS) is 15.5. The van der Waals surface area contributed by atoms with Gasteiger partial charge in [-0.05, 0) is 81.3 Å². The fraction of sp³-hybridized carbons (Fsp3) is 0.455. The van der Waals surface area contributed by atoms with Crippen molar-refractivity contribution in [2.75, 3.05) is 50.9 Å². The Hall–Kier alpha value is -4.82. The molecule has 2 aromatic heterocycles. The summed E-state index contributed by atoms with van der Waals surface area (Å²) in [6, 6.07) is 16.8. The minimum atomic E-state index is -0.536. The Balaban J connectivity index is 1.44. The number of nitrogens with one attached hydrogen (secondary N) is 2. The molecule has 14 heteroatoms. The first-order valence-electron chi connectivity index (χ1n) is 15.7. The molecule has 0 aliphatic carbocycles. The summed E-state index contributed by atoms with van der Waals surface area (Å²) < 4.78 is 4.41. The number of hydrogen-bond donors (Lipinski definition) is 2. The highest BCUT2D eigenvalue weighted by Gasteiger charge is 2.30. The summed E-state index contributed by atoms with van der Waals surface area (Å²) in [5, 5.41) is 14.8. The Morgan fingerprint density at radius 3 is 1.89 bits per heavy atom. The standard InChI is InChI=1S/C33H44N10O4/c1-33(38(2)3,21-35-28-30(45)40(5)32(47)42(7)37-28)25-15-11-13-23(19-25)22-12-10-14-24(18-22)26(43-16-8-9-17-43)20-34-27-29(44)39(4)31(46)41(6)36-27/h10-15,18-19,26H,8-9,16-17,20-21H2,1-7H3,(H,34,36)(H,35,37). The van der Waals surface area contributed by atoms with Gasteiger partial charge in [0.05, 0.1) is 11.6 Å². The van der Waals surface area contributed by atoms with E-state index in [1.807, 2.05) is 20.2 Å². The maximum absolute atomic E-state index is 12.8. The Kier molecular flexibility index (Phi) is 9.63. The van der Waals surface area contributed by atoms with Gasteiger partial charge in [-0.3, -0.25) is 28.5 Å². The van der Waals surface area contributed by atoms with Gasteiger partial charge in [-0.2, -0.15) is 0 Å². The molecule has 0 amide bonds. The van der Waals surface area contributed by atoms with Crippen LogP contribution in [0.4, 0.5) is 11.6 Å². The fourth-order valence-corrected chi connectivity index (χ4v) is 6.06. The van der Waals surface area contributed by atoms with Crippen molar-refractivity contribution in [3.05, 3.63) is 101 Å². The molecule has 0 radical (unpaired) electrons. The average molecular weight is 645 g/mol. The van der Waals surface area contributed by atoms with E-state index in [1.54, 1.807) is 0 Å². The maximum Gasteiger partial charge on any atom is 0.346 e. The van der Waals surface area contributed by atoms with Gasteiger partial charge in [-0.1, -0.05) is 36.4 Å². The minimum Gasteiger partial charge on any atom is -0.362 e. The number of aromatic nitrogens is 6. The lowest BCUT2D eigenvalue weighted by Gasteiger charge is -2.37. The van der Waals surface area contributed by atoms with Crippen LogP contribution in [0.15, 0.2) is 67.7 Å². The number of likely N-dealkylation sites (N-methyl/N-ethyl adjacent to an activating group) is 1. The smallest absolute Gasteiger partial charge is 0.346 e. The van der Waals surface area contributed by atoms with Crippen molar-refractivity contribution < 1.29 is 0 Å². The van der Waals surface area contributed by atoms with Crippen LogP contribution in [0.2, 0.25) is 0 Å². The summed E-state index contributed by atoms with van der Waals surface area (Å²) in [6.07, 6.45) is 2.21. The Labute approximate surface area is 272 Å². The lowest BCUT2D eigenvalue weighted by Crippen LogP contribution is -2.46. The van der Waals surface area contributed by atoms with E-state index in [0.29, 0.717) is 13.1 Å². The highest BCUT2D eigenvalue weighted by molar-refractivity contribution is 5.65. The number of anilines is 2. The minimum absolute atomic E-state index is 0.0161. The summed E-state index contributed by atoms with van der Waals surface area (Å²) >= 11 is 0. The van der Waals surface area contributed by atoms with Crippen molar-refractivity contribution in [1.29, 1.82) is 0 Å². The second kappa shape index (κ2) is 13.5. The first kappa shape index (κ1) is 33.5. The van der Waals surface area contributed by atoms with Crippen LogP contribution in [0.3, 0.4) is 0 Å². The molecule has 2 aromatic carbocycles. The molecule has 1 aliphatic heterocycles. The van der Waals surface area contributed by atoms with Crippen LogP contribution in [0.25, 0.3) is 11.1 Å². The first-order valence-corrected chi connectivity index (χ1v) is 15.7. The number of likely N-dealkylation sites (tertiary alicyclic amines) is 1. The van der Waals surface area contributed by atoms with Gasteiger partial charge in [0.15, 0.2) is 0 Å². The molecule has 250 valence electrons. The van der Waals surface area contributed by atoms with Crippen molar-refractivity contribution in [2.24, 2.45) is 28.2 Å². The summed E-state index contributed by atoms with van der Waals surface area (Å²) in [6.45, 7) is 4.81. The molecule has 4 aromatic rings. The zero-order valence-corrected chi connectivity index (χ0v) is 28.1. The molecule has 1 saturated heterocycles. The molecule has 1 aliphatic rings. The van der Waals surface area contributed by atoms with Gasteiger partial charge < -0.3 is 10.6 Å². The van der Waals surface area contributed by atoms with E-state index in [0.717, 1.165) is 66.7 Å². The van der Waals surface area contributed by atoms with E-state index in [-0.39, 0.29) is 17.7 Å². The molecule has 14 nitrogen and oxygen atoms in total. The van der Waals surface area contributed by atoms with E-state index in [2.05, 4.69) is 80.0 Å². The quantitative estimate of drug-likeness (QED) is 0.243. The molecule has 0 saturated carbocycles. The molecule has 1 fully saturated rings. The summed E-state index contributed by atoms with van der Waals surface area (Å²) in [4.78, 5) is 54.3. The van der Waals surface area contributed by atoms with E-state index in [9.17, 15) is 19.2 Å². The average Bonchev–Trinajstić information content (AvgIpc) is 3.61. The molecule has 3 heterocycles. The molecule has 2 N–H and O–H groups in total. The topological polar surface area (TPSA) is 144 Å². The highest BCUT2D eigenvalue weighted by Crippen LogP contribution is 2.33. The van der Waals surface area contributed by atoms with Crippen LogP contribution in [0.1, 0.15) is 36.9 Å². The highest BCUT2D eigenvalue weighted by atomic mass is 16.2. The van der Waals surface area contributed by atoms with Crippen LogP contribution in [0, 0.1) is 0 Å². The zero-order chi connectivity index (χ0) is 34.0. The van der Waals surface area contributed by atoms with E-state index >= 15 is 0 Å². The van der Waals surface area contributed by atoms with Gasteiger partial charge in [0.1, 0.15) is 0 Å². The van der Waals surface area contributed by atoms with E-state index in [4.69, 9.17) is 0 Å². The van der Waals surface area contributed by atoms with Crippen LogP contribution in [0.5, 0.6) is 0 Å². The number of aryl methyl sites for hydroxylation is 2. The molecule has 0 spiro atoms. The van der Waals surface area contributed by atoms with Gasteiger partial charge in [-0.25, -0.2) is 19.0 Å². The summed E-state index contributed by atoms with van der Waals surface area (Å²) in [7, 11) is 9.91. The predicted molar refractivity (Wildman–Crippen MR) is 183 cm³/mol. The largest absolute Gasteiger partial charge is 0.362 e. The van der Waals surface area contributed by atoms with Crippen LogP contribution < -0.4 is 33.1 Å². The molecular weight excluding hydrogens is 600 g/mol. The molecule has 47 heavy (non-hydrogen) atoms. The molecular formula is C33H44N10O4. The van der Waals surface area contributed by atoms with E-state index in [1.165, 1.54) is 28.2 Å². The SMILES string of the molecule is CN(C)C(C)(CNc1nn(C)c(=O)n(C)c1=O)c1cccc(-c2cccc(C(CNc3nn(C)c(=O)n(C)c3=O)N3CCCC3)c2)c1. The molecule has 2 unspecified atom stereocenters. The lowest BCUT2D eigenvalue weighted by atomic mass is 9.88. The van der Waals surface area contributed by atoms with Gasteiger partial charge in [-0.15, -0.1) is 10.2 Å². The molecule has 0 bridgehead atoms. The lowest BCUT2D eigenvalue weighted by molar-refractivity contribution is 0.188. The fourth-order valence-electron chi connectivity index (χ4n) is 6.06. The van der Waals surface area contributed by atoms with Gasteiger partial charge in [0.25, 0.3) is 11.1 Å². The number of benzene rings is 2. The number of nitrogens with zero attached hydrogens (tertiary/aromatic N) is 8. The molecule has 2 atom stereocenters. The summed E-state index contributed by atoms with van der Waals surface area (Å²) in [5.74, 6) is 0.254. The van der Waals surface area contributed by atoms with Crippen LogP contribution in [-0.4, -0.2) is 78.8 Å². The van der Waals surface area contributed by atoms with Crippen LogP contribution >= 0.6 is 0 Å². The van der Waals surface area contributed by atoms with Crippen molar-refractivity contribution in [1.82, 2.24) is 38.5 Å². The Bertz CT molecular complexity index is 2000. The third-order valence-corrected chi connectivity index (χ3v) is 9.36. The van der Waals surface area contributed by atoms with Gasteiger partial charge >= 0.3 is 11.4 Å². The molecule has 5 rings (SSSR count). The zero-order valence-electron chi connectivity index (χ0n) is 28.1. The van der Waals surface area contributed by atoms with Crippen molar-refractivity contribution in [3.8, 4) is 11.1 Å². The second-order valence-corrected chi connectivity index (χ2v) is 12.6. The third-order valence-electron chi connectivity index (χ3n) is 9.36. The van der Waals surface area contributed by atoms with Crippen molar-refractivity contribution >= 4 is 11.6 Å². The monoisotopic (exact) mass is 644 g/mol. The van der Waals surface area contributed by atoms with Crippen LogP contribution in [-0.2, 0) is 33.7 Å².